The lowest BCUT2D eigenvalue weighted by molar-refractivity contribution is -0.140. The van der Waals surface area contributed by atoms with E-state index in [-0.39, 0.29) is 5.97 Å². The highest BCUT2D eigenvalue weighted by molar-refractivity contribution is 5.69. The van der Waals surface area contributed by atoms with Crippen LogP contribution in [0.5, 0.6) is 0 Å². The van der Waals surface area contributed by atoms with E-state index in [9.17, 15) is 4.79 Å². The van der Waals surface area contributed by atoms with Crippen molar-refractivity contribution in [1.29, 1.82) is 5.26 Å². The minimum absolute atomic E-state index is 0.157. The summed E-state index contributed by atoms with van der Waals surface area (Å²) in [6.07, 6.45) is 2.78. The molecule has 80 valence electrons. The first-order chi connectivity index (χ1) is 6.70. The predicted molar refractivity (Wildman–Crippen MR) is 53.6 cm³/mol. The first kappa shape index (κ1) is 12.9. The smallest absolute Gasteiger partial charge is 0.305 e. The fourth-order valence-electron chi connectivity index (χ4n) is 1.14. The molecular weight excluding hydrogens is 180 g/mol. The number of hydrogen-bond acceptors (Lipinski definition) is 4. The van der Waals surface area contributed by atoms with Crippen LogP contribution in [-0.2, 0) is 9.53 Å². The topological polar surface area (TPSA) is 53.3 Å². The van der Waals surface area contributed by atoms with Gasteiger partial charge in [-0.3, -0.25) is 4.79 Å². The van der Waals surface area contributed by atoms with E-state index in [1.807, 2.05) is 7.05 Å². The molecule has 0 heterocycles. The fourth-order valence-corrected chi connectivity index (χ4v) is 1.14. The van der Waals surface area contributed by atoms with Gasteiger partial charge in [0.15, 0.2) is 0 Å². The molecule has 0 saturated heterocycles. The molecule has 0 aromatic heterocycles. The van der Waals surface area contributed by atoms with Crippen molar-refractivity contribution < 1.29 is 9.53 Å². The van der Waals surface area contributed by atoms with Gasteiger partial charge >= 0.3 is 5.97 Å². The van der Waals surface area contributed by atoms with Gasteiger partial charge < -0.3 is 9.64 Å². The van der Waals surface area contributed by atoms with E-state index in [1.165, 1.54) is 7.11 Å². The molecule has 4 heteroatoms. The van der Waals surface area contributed by atoms with Gasteiger partial charge in [-0.05, 0) is 33.0 Å². The number of ether oxygens (including phenoxy) is 1. The van der Waals surface area contributed by atoms with Crippen LogP contribution < -0.4 is 0 Å². The molecule has 0 amide bonds. The molecular formula is C10H18N2O2. The van der Waals surface area contributed by atoms with Crippen LogP contribution >= 0.6 is 0 Å². The second-order valence-electron chi connectivity index (χ2n) is 3.24. The molecule has 0 rings (SSSR count). The van der Waals surface area contributed by atoms with Crippen molar-refractivity contribution in [2.24, 2.45) is 0 Å². The maximum Gasteiger partial charge on any atom is 0.305 e. The quantitative estimate of drug-likeness (QED) is 0.455. The van der Waals surface area contributed by atoms with Crippen LogP contribution in [0.1, 0.15) is 25.7 Å². The Labute approximate surface area is 85.5 Å². The van der Waals surface area contributed by atoms with Gasteiger partial charge in [0.05, 0.1) is 13.2 Å². The number of carbonyl (C=O) groups is 1. The number of rotatable bonds is 7. The Balaban J connectivity index is 3.31. The molecule has 0 spiro atoms. The molecule has 0 bridgehead atoms. The van der Waals surface area contributed by atoms with Gasteiger partial charge in [0.1, 0.15) is 0 Å². The van der Waals surface area contributed by atoms with E-state index >= 15 is 0 Å². The molecule has 4 nitrogen and oxygen atoms in total. The molecule has 0 N–H and O–H groups in total. The summed E-state index contributed by atoms with van der Waals surface area (Å²) in [5.74, 6) is -0.157. The van der Waals surface area contributed by atoms with E-state index in [0.29, 0.717) is 12.8 Å². The lowest BCUT2D eigenvalue weighted by Crippen LogP contribution is -2.21. The van der Waals surface area contributed by atoms with Crippen molar-refractivity contribution in [2.45, 2.75) is 25.7 Å². The van der Waals surface area contributed by atoms with Crippen LogP contribution in [0.3, 0.4) is 0 Å². The van der Waals surface area contributed by atoms with E-state index < -0.39 is 0 Å². The number of nitrogens with zero attached hydrogens (tertiary/aromatic N) is 2. The van der Waals surface area contributed by atoms with Crippen molar-refractivity contribution in [3.05, 3.63) is 0 Å². The first-order valence-corrected chi connectivity index (χ1v) is 4.83. The summed E-state index contributed by atoms with van der Waals surface area (Å²) in [7, 11) is 3.40. The Hall–Kier alpha value is -1.08. The van der Waals surface area contributed by atoms with Crippen molar-refractivity contribution in [3.8, 4) is 6.07 Å². The number of esters is 1. The third-order valence-corrected chi connectivity index (χ3v) is 1.98. The summed E-state index contributed by atoms with van der Waals surface area (Å²) in [5, 5.41) is 8.33. The fraction of sp³-hybridized carbons (Fsp3) is 0.800. The maximum absolute atomic E-state index is 10.8. The lowest BCUT2D eigenvalue weighted by Gasteiger charge is -2.14. The predicted octanol–water partition coefficient (Wildman–Crippen LogP) is 1.18. The van der Waals surface area contributed by atoms with E-state index in [1.54, 1.807) is 0 Å². The zero-order valence-corrected chi connectivity index (χ0v) is 8.95. The Morgan fingerprint density at radius 1 is 1.43 bits per heavy atom. The van der Waals surface area contributed by atoms with Gasteiger partial charge in [-0.2, -0.15) is 5.26 Å². The van der Waals surface area contributed by atoms with E-state index in [2.05, 4.69) is 15.7 Å². The zero-order valence-electron chi connectivity index (χ0n) is 8.95. The largest absolute Gasteiger partial charge is 0.469 e. The summed E-state index contributed by atoms with van der Waals surface area (Å²) in [6.45, 7) is 1.79. The molecule has 0 aliphatic rings. The van der Waals surface area contributed by atoms with Crippen LogP contribution in [0.2, 0.25) is 0 Å². The average Bonchev–Trinajstić information content (AvgIpc) is 2.18. The van der Waals surface area contributed by atoms with Crippen molar-refractivity contribution in [3.63, 3.8) is 0 Å². The molecule has 0 aromatic carbocycles. The van der Waals surface area contributed by atoms with Crippen LogP contribution in [0.15, 0.2) is 0 Å². The van der Waals surface area contributed by atoms with Gasteiger partial charge in [0.2, 0.25) is 0 Å². The Morgan fingerprint density at radius 3 is 2.64 bits per heavy atom. The monoisotopic (exact) mass is 198 g/mol. The number of hydrogen-bond donors (Lipinski definition) is 0. The van der Waals surface area contributed by atoms with Crippen molar-refractivity contribution in [2.75, 3.05) is 27.2 Å². The van der Waals surface area contributed by atoms with Gasteiger partial charge in [-0.1, -0.05) is 0 Å². The molecule has 0 fully saturated rings. The summed E-state index contributed by atoms with van der Waals surface area (Å²) < 4.78 is 4.53. The highest BCUT2D eigenvalue weighted by atomic mass is 16.5. The molecule has 0 atom stereocenters. The van der Waals surface area contributed by atoms with Crippen LogP contribution in [0.4, 0.5) is 0 Å². The summed E-state index contributed by atoms with van der Waals surface area (Å²) in [5.41, 5.74) is 0. The molecule has 14 heavy (non-hydrogen) atoms. The van der Waals surface area contributed by atoms with Crippen molar-refractivity contribution in [1.82, 2.24) is 4.90 Å². The Bertz CT molecular complexity index is 199. The summed E-state index contributed by atoms with van der Waals surface area (Å²) >= 11 is 0. The molecule has 0 aromatic rings. The second kappa shape index (κ2) is 8.52. The highest BCUT2D eigenvalue weighted by Gasteiger charge is 2.02. The number of carbonyl (C=O) groups excluding carboxylic acids is 1. The minimum Gasteiger partial charge on any atom is -0.469 e. The van der Waals surface area contributed by atoms with Gasteiger partial charge in [0.25, 0.3) is 0 Å². The minimum atomic E-state index is -0.157. The maximum atomic E-state index is 10.8. The number of methoxy groups -OCH3 is 1. The Kier molecular flexibility index (Phi) is 7.86. The summed E-state index contributed by atoms with van der Waals surface area (Å²) in [6, 6.07) is 2.11. The summed E-state index contributed by atoms with van der Waals surface area (Å²) in [4.78, 5) is 12.9. The van der Waals surface area contributed by atoms with Gasteiger partial charge in [0, 0.05) is 12.8 Å². The number of unbranched alkanes of at least 4 members (excludes halogenated alkanes) is 1. The highest BCUT2D eigenvalue weighted by Crippen LogP contribution is 1.97. The van der Waals surface area contributed by atoms with Crippen LogP contribution in [-0.4, -0.2) is 38.1 Å². The zero-order chi connectivity index (χ0) is 10.8. The average molecular weight is 198 g/mol. The van der Waals surface area contributed by atoms with Gasteiger partial charge in [-0.15, -0.1) is 0 Å². The molecule has 0 aliphatic carbocycles. The molecule has 0 radical (unpaired) electrons. The van der Waals surface area contributed by atoms with E-state index in [0.717, 1.165) is 25.9 Å². The molecule has 0 unspecified atom stereocenters. The number of nitriles is 1. The molecule has 0 saturated carbocycles. The van der Waals surface area contributed by atoms with Crippen molar-refractivity contribution >= 4 is 5.97 Å². The normalized spacial score (nSPS) is 9.86. The van der Waals surface area contributed by atoms with Crippen LogP contribution in [0.25, 0.3) is 0 Å². The molecule has 0 aliphatic heterocycles. The standard InChI is InChI=1S/C10H18N2O2/c1-12(8-4-3-7-11)9-5-6-10(13)14-2/h3-6,8-9H2,1-2H3. The SMILES string of the molecule is COC(=O)CCCN(C)CCCC#N. The third kappa shape index (κ3) is 7.56. The van der Waals surface area contributed by atoms with Gasteiger partial charge in [-0.25, -0.2) is 0 Å². The Morgan fingerprint density at radius 2 is 2.07 bits per heavy atom. The van der Waals surface area contributed by atoms with Crippen LogP contribution in [0, 0.1) is 11.3 Å². The third-order valence-electron chi connectivity index (χ3n) is 1.98. The first-order valence-electron chi connectivity index (χ1n) is 4.83. The van der Waals surface area contributed by atoms with E-state index in [4.69, 9.17) is 5.26 Å². The second-order valence-corrected chi connectivity index (χ2v) is 3.24. The lowest BCUT2D eigenvalue weighted by atomic mass is 10.2.